The van der Waals surface area contributed by atoms with Crippen LogP contribution in [-0.4, -0.2) is 35.3 Å². The molecule has 0 N–H and O–H groups in total. The molecular weight excluding hydrogens is 296 g/mol. The van der Waals surface area contributed by atoms with Crippen molar-refractivity contribution in [1.82, 2.24) is 5.01 Å². The molecule has 2 aromatic rings. The molecule has 0 atom stereocenters. The topological polar surface area (TPSA) is 64.8 Å². The minimum Gasteiger partial charge on any atom is -0.595 e. The highest BCUT2D eigenvalue weighted by Gasteiger charge is 2.32. The van der Waals surface area contributed by atoms with Gasteiger partial charge in [0.25, 0.3) is 11.6 Å². The lowest BCUT2D eigenvalue weighted by Gasteiger charge is -2.15. The Balaban J connectivity index is 2.00. The van der Waals surface area contributed by atoms with E-state index in [0.29, 0.717) is 27.6 Å². The number of carbonyl (C=O) groups excluding carboxylic acids is 1. The van der Waals surface area contributed by atoms with Crippen molar-refractivity contribution < 1.29 is 19.1 Å². The minimum absolute atomic E-state index is 0.136. The van der Waals surface area contributed by atoms with Crippen LogP contribution in [0.4, 0.5) is 0 Å². The molecule has 6 nitrogen and oxygen atoms in total. The molecule has 1 amide bonds. The van der Waals surface area contributed by atoms with Crippen molar-refractivity contribution in [3.8, 4) is 11.5 Å². The maximum absolute atomic E-state index is 12.7. The van der Waals surface area contributed by atoms with E-state index in [1.807, 2.05) is 30.3 Å². The molecule has 116 valence electrons. The number of hydrogen-bond donors (Lipinski definition) is 0. The molecule has 0 saturated heterocycles. The fraction of sp³-hybridized carbons (Fsp3) is 0.176. The Labute approximate surface area is 132 Å². The lowest BCUT2D eigenvalue weighted by atomic mass is 9.95. The third-order valence-corrected chi connectivity index (χ3v) is 4.07. The maximum atomic E-state index is 12.7. The van der Waals surface area contributed by atoms with Gasteiger partial charge in [0.15, 0.2) is 11.5 Å². The number of hydrazone groups is 1. The summed E-state index contributed by atoms with van der Waals surface area (Å²) in [6.45, 7) is 0.147. The lowest BCUT2D eigenvalue weighted by Crippen LogP contribution is -2.36. The normalized spacial score (nSPS) is 16.4. The Kier molecular flexibility index (Phi) is 2.97. The average molecular weight is 310 g/mol. The van der Waals surface area contributed by atoms with Crippen LogP contribution >= 0.6 is 0 Å². The number of carbonyl (C=O) groups is 1. The van der Waals surface area contributed by atoms with Gasteiger partial charge in [-0.3, -0.25) is 4.79 Å². The largest absolute Gasteiger partial charge is 0.595 e. The number of likely N-dealkylation sites (N-methyl/N-ethyl adjacent to an activating group) is 1. The van der Waals surface area contributed by atoms with Gasteiger partial charge in [0.2, 0.25) is 6.79 Å². The van der Waals surface area contributed by atoms with Crippen molar-refractivity contribution in [2.75, 3.05) is 13.8 Å². The predicted molar refractivity (Wildman–Crippen MR) is 82.3 cm³/mol. The second-order valence-electron chi connectivity index (χ2n) is 5.44. The van der Waals surface area contributed by atoms with E-state index < -0.39 is 0 Å². The predicted octanol–water partition coefficient (Wildman–Crippen LogP) is 1.69. The van der Waals surface area contributed by atoms with E-state index in [9.17, 15) is 10.0 Å². The summed E-state index contributed by atoms with van der Waals surface area (Å²) < 4.78 is 10.8. The third kappa shape index (κ3) is 2.11. The number of rotatable bonds is 1. The molecule has 0 radical (unpaired) electrons. The van der Waals surface area contributed by atoms with E-state index in [1.54, 1.807) is 12.1 Å². The Morgan fingerprint density at radius 3 is 2.57 bits per heavy atom. The van der Waals surface area contributed by atoms with Gasteiger partial charge in [0, 0.05) is 0 Å². The molecule has 2 heterocycles. The van der Waals surface area contributed by atoms with Crippen LogP contribution in [0.5, 0.6) is 11.5 Å². The molecule has 0 unspecified atom stereocenters. The number of fused-ring (bicyclic) bond motifs is 2. The maximum Gasteiger partial charge on any atom is 0.282 e. The second-order valence-corrected chi connectivity index (χ2v) is 5.44. The van der Waals surface area contributed by atoms with Crippen LogP contribution in [0.2, 0.25) is 0 Å². The van der Waals surface area contributed by atoms with Crippen molar-refractivity contribution in [3.05, 3.63) is 64.4 Å². The summed E-state index contributed by atoms with van der Waals surface area (Å²) >= 11 is 0. The van der Waals surface area contributed by atoms with E-state index in [0.717, 1.165) is 16.1 Å². The van der Waals surface area contributed by atoms with Crippen molar-refractivity contribution in [2.24, 2.45) is 0 Å². The van der Waals surface area contributed by atoms with Gasteiger partial charge in [-0.1, -0.05) is 23.0 Å². The number of benzene rings is 2. The Morgan fingerprint density at radius 2 is 1.83 bits per heavy atom. The number of hydrazine groups is 1. The zero-order valence-electron chi connectivity index (χ0n) is 12.5. The molecule has 0 aliphatic carbocycles. The van der Waals surface area contributed by atoms with Crippen LogP contribution in [0.15, 0.2) is 42.5 Å². The van der Waals surface area contributed by atoms with Gasteiger partial charge in [-0.2, -0.15) is 0 Å². The average Bonchev–Trinajstić information content (AvgIpc) is 2.99. The number of ether oxygens (including phenoxy) is 2. The van der Waals surface area contributed by atoms with Gasteiger partial charge in [-0.05, 0) is 29.8 Å². The Hall–Kier alpha value is -3.02. The van der Waals surface area contributed by atoms with Gasteiger partial charge >= 0.3 is 0 Å². The molecular formula is C17H14N2O4. The Morgan fingerprint density at radius 1 is 1.13 bits per heavy atom. The van der Waals surface area contributed by atoms with Crippen LogP contribution in [-0.2, 0) is 11.2 Å². The molecule has 0 spiro atoms. The molecule has 6 heteroatoms. The van der Waals surface area contributed by atoms with E-state index >= 15 is 0 Å². The first-order valence-electron chi connectivity index (χ1n) is 7.24. The first-order chi connectivity index (χ1) is 11.1. The van der Waals surface area contributed by atoms with Gasteiger partial charge in [-0.15, -0.1) is 5.01 Å². The number of amides is 1. The molecule has 0 aromatic heterocycles. The van der Waals surface area contributed by atoms with Gasteiger partial charge < -0.3 is 14.7 Å². The van der Waals surface area contributed by atoms with Gasteiger partial charge in [0.05, 0.1) is 24.6 Å². The number of nitrogens with zero attached hydrogens (tertiary/aromatic N) is 2. The molecule has 2 aromatic carbocycles. The minimum atomic E-state index is -0.272. The molecule has 23 heavy (non-hydrogen) atoms. The highest BCUT2D eigenvalue weighted by atomic mass is 16.7. The quantitative estimate of drug-likeness (QED) is 0.594. The monoisotopic (exact) mass is 310 g/mol. The van der Waals surface area contributed by atoms with E-state index in [-0.39, 0.29) is 19.1 Å². The number of hydrogen-bond acceptors (Lipinski definition) is 4. The summed E-state index contributed by atoms with van der Waals surface area (Å²) in [6, 6.07) is 12.8. The molecule has 2 aliphatic rings. The van der Waals surface area contributed by atoms with Crippen LogP contribution in [0.3, 0.4) is 0 Å². The fourth-order valence-electron chi connectivity index (χ4n) is 2.84. The van der Waals surface area contributed by atoms with Crippen LogP contribution in [0, 0.1) is 5.21 Å². The molecule has 4 rings (SSSR count). The first-order valence-corrected chi connectivity index (χ1v) is 7.24. The highest BCUT2D eigenvalue weighted by Crippen LogP contribution is 2.36. The molecule has 0 saturated carbocycles. The molecule has 0 fully saturated rings. The second kappa shape index (κ2) is 5.01. The summed E-state index contributed by atoms with van der Waals surface area (Å²) in [4.78, 5) is 12.9. The van der Waals surface area contributed by atoms with Crippen molar-refractivity contribution in [1.29, 1.82) is 0 Å². The van der Waals surface area contributed by atoms with E-state index in [2.05, 4.69) is 0 Å². The third-order valence-electron chi connectivity index (χ3n) is 4.07. The highest BCUT2D eigenvalue weighted by molar-refractivity contribution is 6.12. The van der Waals surface area contributed by atoms with Crippen molar-refractivity contribution in [2.45, 2.75) is 6.42 Å². The van der Waals surface area contributed by atoms with Crippen molar-refractivity contribution >= 4 is 11.6 Å². The van der Waals surface area contributed by atoms with E-state index in [4.69, 9.17) is 9.47 Å². The molecule has 0 bridgehead atoms. The van der Waals surface area contributed by atoms with Crippen LogP contribution in [0.1, 0.15) is 16.7 Å². The van der Waals surface area contributed by atoms with Crippen molar-refractivity contribution in [3.63, 3.8) is 0 Å². The van der Waals surface area contributed by atoms with Crippen LogP contribution in [0.25, 0.3) is 0 Å². The standard InChI is InChI=1S/C17H14N2O4/c1-18-16(20)8-12-7-14-15(23-10-22-14)9-13(12)17(19(18)21)11-5-3-2-4-6-11/h2-7,9H,8,10H2,1H3. The summed E-state index contributed by atoms with van der Waals surface area (Å²) in [7, 11) is 1.48. The summed E-state index contributed by atoms with van der Waals surface area (Å²) in [5, 5.41) is 13.8. The zero-order valence-corrected chi connectivity index (χ0v) is 12.5. The zero-order chi connectivity index (χ0) is 16.0. The van der Waals surface area contributed by atoms with Gasteiger partial charge in [0.1, 0.15) is 0 Å². The summed E-state index contributed by atoms with van der Waals surface area (Å²) in [5.41, 5.74) is 2.60. The smallest absolute Gasteiger partial charge is 0.282 e. The summed E-state index contributed by atoms with van der Waals surface area (Å²) in [5.74, 6) is 0.916. The Bertz CT molecular complexity index is 830. The van der Waals surface area contributed by atoms with E-state index in [1.165, 1.54) is 7.05 Å². The SMILES string of the molecule is CN1C(=O)Cc2cc3c(cc2C(c2ccccc2)=[N+]1[O-])OCO3. The van der Waals surface area contributed by atoms with Gasteiger partial charge in [-0.25, -0.2) is 0 Å². The first kappa shape index (κ1) is 13.6. The lowest BCUT2D eigenvalue weighted by molar-refractivity contribution is -0.608. The fourth-order valence-corrected chi connectivity index (χ4v) is 2.84. The summed E-state index contributed by atoms with van der Waals surface area (Å²) in [6.07, 6.45) is 0.136. The molecule has 2 aliphatic heterocycles. The van der Waals surface area contributed by atoms with Crippen LogP contribution < -0.4 is 9.47 Å².